The zero-order chi connectivity index (χ0) is 15.5. The van der Waals surface area contributed by atoms with Crippen LogP contribution in [-0.2, 0) is 0 Å². The fraction of sp³-hybridized carbons (Fsp3) is 0.667. The first-order chi connectivity index (χ1) is 10.7. The Hall–Kier alpha value is -1.26. The summed E-state index contributed by atoms with van der Waals surface area (Å²) >= 11 is 0. The third-order valence-corrected chi connectivity index (χ3v) is 5.23. The molecule has 1 aromatic rings. The molecule has 3 rings (SSSR count). The normalized spacial score (nSPS) is 28.8. The van der Waals surface area contributed by atoms with Gasteiger partial charge in [-0.05, 0) is 31.9 Å². The summed E-state index contributed by atoms with van der Waals surface area (Å²) in [7, 11) is 1.68. The molecule has 0 saturated carbocycles. The van der Waals surface area contributed by atoms with Crippen molar-refractivity contribution in [2.75, 3.05) is 26.8 Å². The molecule has 0 radical (unpaired) electrons. The largest absolute Gasteiger partial charge is 0.493 e. The van der Waals surface area contributed by atoms with Crippen molar-refractivity contribution in [1.82, 2.24) is 4.90 Å². The predicted octanol–water partition coefficient (Wildman–Crippen LogP) is 2.97. The minimum Gasteiger partial charge on any atom is -0.493 e. The lowest BCUT2D eigenvalue weighted by Gasteiger charge is -2.40. The molecular weight excluding hydrogens is 276 g/mol. The zero-order valence-electron chi connectivity index (χ0n) is 13.8. The summed E-state index contributed by atoms with van der Waals surface area (Å²) < 4.78 is 11.4. The monoisotopic (exact) mass is 304 g/mol. The first-order valence-electron chi connectivity index (χ1n) is 8.54. The van der Waals surface area contributed by atoms with E-state index in [0.29, 0.717) is 18.6 Å². The van der Waals surface area contributed by atoms with Gasteiger partial charge in [0.05, 0.1) is 13.7 Å². The van der Waals surface area contributed by atoms with Gasteiger partial charge >= 0.3 is 0 Å². The number of fused-ring (bicyclic) bond motifs is 1. The van der Waals surface area contributed by atoms with Crippen LogP contribution in [0, 0.1) is 5.92 Å². The number of piperidine rings is 1. The van der Waals surface area contributed by atoms with Gasteiger partial charge in [0.15, 0.2) is 11.5 Å². The van der Waals surface area contributed by atoms with Crippen LogP contribution < -0.4 is 15.2 Å². The van der Waals surface area contributed by atoms with E-state index in [0.717, 1.165) is 23.6 Å². The van der Waals surface area contributed by atoms with Gasteiger partial charge in [0.1, 0.15) is 0 Å². The molecule has 0 spiro atoms. The Morgan fingerprint density at radius 2 is 2.23 bits per heavy atom. The fourth-order valence-electron chi connectivity index (χ4n) is 3.89. The van der Waals surface area contributed by atoms with E-state index in [1.165, 1.54) is 32.2 Å². The van der Waals surface area contributed by atoms with Crippen molar-refractivity contribution in [3.05, 3.63) is 23.8 Å². The number of rotatable bonds is 4. The number of methoxy groups -OCH3 is 1. The summed E-state index contributed by atoms with van der Waals surface area (Å²) in [5, 5.41) is 0. The summed E-state index contributed by atoms with van der Waals surface area (Å²) in [6, 6.07) is 6.75. The molecule has 4 nitrogen and oxygen atoms in total. The average Bonchev–Trinajstić information content (AvgIpc) is 2.57. The highest BCUT2D eigenvalue weighted by atomic mass is 16.5. The SMILES string of the molecule is CCC1CCCCN1CC1COc2c(OC)cccc2C1N. The lowest BCUT2D eigenvalue weighted by atomic mass is 9.89. The quantitative estimate of drug-likeness (QED) is 0.929. The molecule has 3 unspecified atom stereocenters. The highest BCUT2D eigenvalue weighted by Crippen LogP contribution is 2.41. The molecule has 4 heteroatoms. The van der Waals surface area contributed by atoms with Crippen molar-refractivity contribution in [1.29, 1.82) is 0 Å². The van der Waals surface area contributed by atoms with Gasteiger partial charge in [0, 0.05) is 30.1 Å². The van der Waals surface area contributed by atoms with Gasteiger partial charge in [-0.25, -0.2) is 0 Å². The molecule has 1 fully saturated rings. The number of hydrogen-bond acceptors (Lipinski definition) is 4. The number of para-hydroxylation sites is 1. The maximum absolute atomic E-state index is 6.56. The third-order valence-electron chi connectivity index (χ3n) is 5.23. The minimum absolute atomic E-state index is 0.0262. The van der Waals surface area contributed by atoms with E-state index in [-0.39, 0.29) is 6.04 Å². The van der Waals surface area contributed by atoms with E-state index in [9.17, 15) is 0 Å². The number of benzene rings is 1. The molecule has 0 bridgehead atoms. The van der Waals surface area contributed by atoms with E-state index in [2.05, 4.69) is 17.9 Å². The van der Waals surface area contributed by atoms with Crippen molar-refractivity contribution in [3.63, 3.8) is 0 Å². The van der Waals surface area contributed by atoms with Crippen LogP contribution in [-0.4, -0.2) is 37.7 Å². The van der Waals surface area contributed by atoms with Crippen molar-refractivity contribution in [2.24, 2.45) is 11.7 Å². The minimum atomic E-state index is 0.0262. The Morgan fingerprint density at radius 3 is 3.00 bits per heavy atom. The van der Waals surface area contributed by atoms with Crippen LogP contribution in [0.15, 0.2) is 18.2 Å². The number of likely N-dealkylation sites (tertiary alicyclic amines) is 1. The Labute approximate surface area is 133 Å². The second-order valence-corrected chi connectivity index (χ2v) is 6.53. The van der Waals surface area contributed by atoms with Crippen molar-refractivity contribution >= 4 is 0 Å². The summed E-state index contributed by atoms with van der Waals surface area (Å²) in [6.45, 7) is 5.21. The molecule has 2 aliphatic rings. The molecule has 3 atom stereocenters. The summed E-state index contributed by atoms with van der Waals surface area (Å²) in [5.74, 6) is 1.97. The Balaban J connectivity index is 1.74. The molecule has 0 amide bonds. The molecule has 0 aliphatic carbocycles. The van der Waals surface area contributed by atoms with Gasteiger partial charge < -0.3 is 15.2 Å². The first kappa shape index (κ1) is 15.6. The van der Waals surface area contributed by atoms with Crippen LogP contribution in [0.2, 0.25) is 0 Å². The maximum Gasteiger partial charge on any atom is 0.165 e. The Bertz CT molecular complexity index is 506. The predicted molar refractivity (Wildman–Crippen MR) is 88.4 cm³/mol. The van der Waals surface area contributed by atoms with Gasteiger partial charge in [0.25, 0.3) is 0 Å². The molecule has 2 N–H and O–H groups in total. The summed E-state index contributed by atoms with van der Waals surface area (Å²) in [6.07, 6.45) is 5.23. The number of nitrogens with two attached hydrogens (primary N) is 1. The second-order valence-electron chi connectivity index (χ2n) is 6.53. The Kier molecular flexibility index (Phi) is 4.89. The topological polar surface area (TPSA) is 47.7 Å². The highest BCUT2D eigenvalue weighted by molar-refractivity contribution is 5.49. The van der Waals surface area contributed by atoms with Gasteiger partial charge in [0.2, 0.25) is 0 Å². The molecule has 1 saturated heterocycles. The number of hydrogen-bond donors (Lipinski definition) is 1. The molecule has 0 aromatic heterocycles. The molecule has 2 heterocycles. The standard InChI is InChI=1S/C18H28N2O2/c1-3-14-7-4-5-10-20(14)11-13-12-22-18-15(17(13)19)8-6-9-16(18)21-2/h6,8-9,13-14,17H,3-5,7,10-12,19H2,1-2H3. The Morgan fingerprint density at radius 1 is 1.36 bits per heavy atom. The maximum atomic E-state index is 6.56. The first-order valence-corrected chi connectivity index (χ1v) is 8.54. The average molecular weight is 304 g/mol. The molecule has 122 valence electrons. The van der Waals surface area contributed by atoms with Crippen LogP contribution in [0.5, 0.6) is 11.5 Å². The van der Waals surface area contributed by atoms with E-state index in [4.69, 9.17) is 15.2 Å². The number of nitrogens with zero attached hydrogens (tertiary/aromatic N) is 1. The zero-order valence-corrected chi connectivity index (χ0v) is 13.8. The highest BCUT2D eigenvalue weighted by Gasteiger charge is 2.33. The van der Waals surface area contributed by atoms with Crippen LogP contribution >= 0.6 is 0 Å². The van der Waals surface area contributed by atoms with Crippen LogP contribution in [0.1, 0.15) is 44.2 Å². The number of ether oxygens (including phenoxy) is 2. The molecule has 22 heavy (non-hydrogen) atoms. The third kappa shape index (κ3) is 2.95. The van der Waals surface area contributed by atoms with Crippen molar-refractivity contribution in [3.8, 4) is 11.5 Å². The van der Waals surface area contributed by atoms with E-state index in [1.807, 2.05) is 12.1 Å². The molecular formula is C18H28N2O2. The van der Waals surface area contributed by atoms with E-state index < -0.39 is 0 Å². The lowest BCUT2D eigenvalue weighted by molar-refractivity contribution is 0.0839. The fourth-order valence-corrected chi connectivity index (χ4v) is 3.89. The lowest BCUT2D eigenvalue weighted by Crippen LogP contribution is -2.46. The van der Waals surface area contributed by atoms with Crippen LogP contribution in [0.4, 0.5) is 0 Å². The van der Waals surface area contributed by atoms with Crippen molar-refractivity contribution in [2.45, 2.75) is 44.7 Å². The van der Waals surface area contributed by atoms with Crippen LogP contribution in [0.25, 0.3) is 0 Å². The van der Waals surface area contributed by atoms with Crippen molar-refractivity contribution < 1.29 is 9.47 Å². The van der Waals surface area contributed by atoms with E-state index >= 15 is 0 Å². The van der Waals surface area contributed by atoms with Gasteiger partial charge in [-0.2, -0.15) is 0 Å². The van der Waals surface area contributed by atoms with Crippen LogP contribution in [0.3, 0.4) is 0 Å². The smallest absolute Gasteiger partial charge is 0.165 e. The van der Waals surface area contributed by atoms with Gasteiger partial charge in [-0.1, -0.05) is 25.5 Å². The molecule has 2 aliphatic heterocycles. The van der Waals surface area contributed by atoms with E-state index in [1.54, 1.807) is 7.11 Å². The summed E-state index contributed by atoms with van der Waals surface area (Å²) in [4.78, 5) is 2.63. The van der Waals surface area contributed by atoms with Gasteiger partial charge in [-0.3, -0.25) is 4.90 Å². The van der Waals surface area contributed by atoms with Gasteiger partial charge in [-0.15, -0.1) is 0 Å². The molecule has 1 aromatic carbocycles. The summed E-state index contributed by atoms with van der Waals surface area (Å²) in [5.41, 5.74) is 7.64. The second kappa shape index (κ2) is 6.88.